The number of primary amides is 1. The van der Waals surface area contributed by atoms with Crippen molar-refractivity contribution in [3.8, 4) is 0 Å². The zero-order valence-electron chi connectivity index (χ0n) is 8.79. The van der Waals surface area contributed by atoms with E-state index < -0.39 is 38.0 Å². The third kappa shape index (κ3) is 3.39. The van der Waals surface area contributed by atoms with Crippen LogP contribution in [0.1, 0.15) is 0 Å². The number of sulfonamides is 1. The molecule has 0 unspecified atom stereocenters. The fourth-order valence-corrected chi connectivity index (χ4v) is 2.41. The Kier molecular flexibility index (Phi) is 4.22. The maximum Gasteiger partial charge on any atom is 0.290 e. The van der Waals surface area contributed by atoms with E-state index in [9.17, 15) is 23.3 Å². The summed E-state index contributed by atoms with van der Waals surface area (Å²) in [5, 5.41) is 10.7. The van der Waals surface area contributed by atoms with Gasteiger partial charge in [0, 0.05) is 11.1 Å². The van der Waals surface area contributed by atoms with E-state index in [1.807, 2.05) is 4.72 Å². The van der Waals surface area contributed by atoms with Gasteiger partial charge in [-0.15, -0.1) is 0 Å². The number of nitro groups is 1. The van der Waals surface area contributed by atoms with Crippen molar-refractivity contribution in [1.29, 1.82) is 0 Å². The third-order valence-electron chi connectivity index (χ3n) is 1.84. The largest absolute Gasteiger partial charge is 0.369 e. The molecule has 0 aliphatic heterocycles. The second kappa shape index (κ2) is 5.29. The molecule has 1 aromatic rings. The van der Waals surface area contributed by atoms with E-state index >= 15 is 0 Å². The molecule has 0 saturated carbocycles. The predicted octanol–water partition coefficient (Wildman–Crippen LogP) is 0.0118. The zero-order valence-corrected chi connectivity index (χ0v) is 10.4. The minimum absolute atomic E-state index is 0.0237. The molecule has 0 fully saturated rings. The van der Waals surface area contributed by atoms with Gasteiger partial charge in [-0.3, -0.25) is 14.9 Å². The molecular formula is C8H8ClN3O5S. The maximum absolute atomic E-state index is 11.7. The fourth-order valence-electron chi connectivity index (χ4n) is 1.10. The number of nitrogens with one attached hydrogen (secondary N) is 1. The van der Waals surface area contributed by atoms with Crippen LogP contribution < -0.4 is 10.5 Å². The number of nitrogens with zero attached hydrogens (tertiary/aromatic N) is 1. The smallest absolute Gasteiger partial charge is 0.290 e. The number of amides is 1. The summed E-state index contributed by atoms with van der Waals surface area (Å²) in [7, 11) is -4.20. The van der Waals surface area contributed by atoms with Crippen LogP contribution in [0.5, 0.6) is 0 Å². The van der Waals surface area contributed by atoms with Gasteiger partial charge in [-0.1, -0.05) is 11.6 Å². The number of rotatable bonds is 5. The van der Waals surface area contributed by atoms with Crippen LogP contribution in [0.25, 0.3) is 0 Å². The van der Waals surface area contributed by atoms with Gasteiger partial charge in [0.1, 0.15) is 0 Å². The van der Waals surface area contributed by atoms with Crippen LogP contribution in [0.3, 0.4) is 0 Å². The first-order valence-corrected chi connectivity index (χ1v) is 6.32. The van der Waals surface area contributed by atoms with E-state index in [4.69, 9.17) is 17.3 Å². The highest BCUT2D eigenvalue weighted by molar-refractivity contribution is 7.89. The topological polar surface area (TPSA) is 132 Å². The molecule has 0 radical (unpaired) electrons. The van der Waals surface area contributed by atoms with Crippen molar-refractivity contribution < 1.29 is 18.1 Å². The quantitative estimate of drug-likeness (QED) is 0.583. The minimum Gasteiger partial charge on any atom is -0.369 e. The second-order valence-electron chi connectivity index (χ2n) is 3.16. The summed E-state index contributed by atoms with van der Waals surface area (Å²) in [5.74, 6) is -0.907. The summed E-state index contributed by atoms with van der Waals surface area (Å²) >= 11 is 5.54. The van der Waals surface area contributed by atoms with Gasteiger partial charge in [0.05, 0.1) is 11.5 Å². The van der Waals surface area contributed by atoms with Crippen LogP contribution in [0.2, 0.25) is 5.02 Å². The molecule has 0 aromatic heterocycles. The monoisotopic (exact) mass is 293 g/mol. The van der Waals surface area contributed by atoms with Gasteiger partial charge < -0.3 is 5.73 Å². The minimum atomic E-state index is -4.20. The predicted molar refractivity (Wildman–Crippen MR) is 62.5 cm³/mol. The standard InChI is InChI=1S/C8H8ClN3O5S/c9-5-1-2-7(6(3-5)12(14)15)18(16,17)11-4-8(10)13/h1-3,11H,4H2,(H2,10,13). The summed E-state index contributed by atoms with van der Waals surface area (Å²) in [6.07, 6.45) is 0. The SMILES string of the molecule is NC(=O)CNS(=O)(=O)c1ccc(Cl)cc1[N+](=O)[O-]. The molecule has 1 amide bonds. The zero-order chi connectivity index (χ0) is 13.9. The second-order valence-corrected chi connectivity index (χ2v) is 5.33. The van der Waals surface area contributed by atoms with Crippen molar-refractivity contribution in [2.45, 2.75) is 4.90 Å². The Bertz CT molecular complexity index is 601. The van der Waals surface area contributed by atoms with Gasteiger partial charge >= 0.3 is 0 Å². The van der Waals surface area contributed by atoms with Crippen LogP contribution in [-0.2, 0) is 14.8 Å². The van der Waals surface area contributed by atoms with Crippen molar-refractivity contribution in [3.05, 3.63) is 33.3 Å². The van der Waals surface area contributed by atoms with Gasteiger partial charge in [0.25, 0.3) is 5.69 Å². The Morgan fingerprint density at radius 2 is 2.11 bits per heavy atom. The lowest BCUT2D eigenvalue weighted by Crippen LogP contribution is -2.33. The van der Waals surface area contributed by atoms with Crippen LogP contribution >= 0.6 is 11.6 Å². The molecule has 0 spiro atoms. The summed E-state index contributed by atoms with van der Waals surface area (Å²) in [4.78, 5) is 19.7. The van der Waals surface area contributed by atoms with Gasteiger partial charge in [0.2, 0.25) is 15.9 Å². The van der Waals surface area contributed by atoms with Crippen LogP contribution in [0, 0.1) is 10.1 Å². The number of nitro benzene ring substituents is 1. The first-order chi connectivity index (χ1) is 8.24. The number of benzene rings is 1. The van der Waals surface area contributed by atoms with E-state index in [-0.39, 0.29) is 5.02 Å². The van der Waals surface area contributed by atoms with Gasteiger partial charge in [-0.2, -0.15) is 0 Å². The molecule has 1 rings (SSSR count). The molecule has 0 saturated heterocycles. The van der Waals surface area contributed by atoms with Crippen LogP contribution in [-0.4, -0.2) is 25.8 Å². The number of carbonyl (C=O) groups excluding carboxylic acids is 1. The number of nitrogens with two attached hydrogens (primary N) is 1. The third-order valence-corrected chi connectivity index (χ3v) is 3.53. The molecule has 0 bridgehead atoms. The van der Waals surface area contributed by atoms with Crippen molar-refractivity contribution in [2.24, 2.45) is 5.73 Å². The lowest BCUT2D eigenvalue weighted by atomic mass is 10.3. The Morgan fingerprint density at radius 3 is 2.61 bits per heavy atom. The number of hydrogen-bond donors (Lipinski definition) is 2. The first-order valence-electron chi connectivity index (χ1n) is 4.46. The Hall–Kier alpha value is -1.71. The van der Waals surface area contributed by atoms with E-state index in [0.717, 1.165) is 12.1 Å². The lowest BCUT2D eigenvalue weighted by molar-refractivity contribution is -0.387. The number of halogens is 1. The molecule has 0 heterocycles. The molecule has 1 aromatic carbocycles. The molecule has 0 atom stereocenters. The Morgan fingerprint density at radius 1 is 1.50 bits per heavy atom. The molecular weight excluding hydrogens is 286 g/mol. The van der Waals surface area contributed by atoms with Crippen molar-refractivity contribution >= 4 is 33.2 Å². The molecule has 98 valence electrons. The summed E-state index contributed by atoms with van der Waals surface area (Å²) in [6.45, 7) is -0.651. The first kappa shape index (κ1) is 14.4. The van der Waals surface area contributed by atoms with Gasteiger partial charge in [-0.25, -0.2) is 13.1 Å². The van der Waals surface area contributed by atoms with Crippen molar-refractivity contribution in [2.75, 3.05) is 6.54 Å². The van der Waals surface area contributed by atoms with Crippen LogP contribution in [0.4, 0.5) is 5.69 Å². The van der Waals surface area contributed by atoms with Gasteiger partial charge in [-0.05, 0) is 12.1 Å². The van der Waals surface area contributed by atoms with E-state index in [1.54, 1.807) is 0 Å². The van der Waals surface area contributed by atoms with E-state index in [1.165, 1.54) is 6.07 Å². The van der Waals surface area contributed by atoms with E-state index in [0.29, 0.717) is 0 Å². The van der Waals surface area contributed by atoms with Crippen molar-refractivity contribution in [1.82, 2.24) is 4.72 Å². The molecule has 18 heavy (non-hydrogen) atoms. The lowest BCUT2D eigenvalue weighted by Gasteiger charge is -2.05. The van der Waals surface area contributed by atoms with Crippen LogP contribution in [0.15, 0.2) is 23.1 Å². The average molecular weight is 294 g/mol. The van der Waals surface area contributed by atoms with Crippen molar-refractivity contribution in [3.63, 3.8) is 0 Å². The molecule has 0 aliphatic rings. The molecule has 0 aliphatic carbocycles. The highest BCUT2D eigenvalue weighted by atomic mass is 35.5. The Balaban J connectivity index is 3.24. The van der Waals surface area contributed by atoms with E-state index in [2.05, 4.69) is 0 Å². The fraction of sp³-hybridized carbons (Fsp3) is 0.125. The Labute approximate surface area is 107 Å². The maximum atomic E-state index is 11.7. The number of carbonyl (C=O) groups is 1. The summed E-state index contributed by atoms with van der Waals surface area (Å²) in [6, 6.07) is 3.07. The highest BCUT2D eigenvalue weighted by Crippen LogP contribution is 2.26. The molecule has 10 heteroatoms. The van der Waals surface area contributed by atoms with Gasteiger partial charge in [0.15, 0.2) is 4.90 Å². The highest BCUT2D eigenvalue weighted by Gasteiger charge is 2.26. The molecule has 8 nitrogen and oxygen atoms in total. The summed E-state index contributed by atoms with van der Waals surface area (Å²) < 4.78 is 25.3. The normalized spacial score (nSPS) is 11.2. The average Bonchev–Trinajstić information content (AvgIpc) is 2.26. The summed E-state index contributed by atoms with van der Waals surface area (Å²) in [5.41, 5.74) is 4.10. The molecule has 3 N–H and O–H groups in total. The number of hydrogen-bond acceptors (Lipinski definition) is 5.